The molecule has 2 N–H and O–H groups in total. The number of nitrogens with zero attached hydrogens (tertiary/aromatic N) is 1. The zero-order valence-corrected chi connectivity index (χ0v) is 13.3. The van der Waals surface area contributed by atoms with Crippen molar-refractivity contribution in [1.82, 2.24) is 5.32 Å². The number of nitrogens with one attached hydrogen (secondary N) is 2. The highest BCUT2D eigenvalue weighted by atomic mass is 16.5. The van der Waals surface area contributed by atoms with Crippen LogP contribution in [0.4, 0.5) is 5.69 Å². The molecule has 0 heterocycles. The van der Waals surface area contributed by atoms with E-state index in [1.165, 1.54) is 6.42 Å². The monoisotopic (exact) mass is 291 g/mol. The molecule has 0 aromatic heterocycles. The van der Waals surface area contributed by atoms with Gasteiger partial charge in [-0.15, -0.1) is 0 Å². The Kier molecular flexibility index (Phi) is 5.31. The zero-order chi connectivity index (χ0) is 15.2. The molecule has 1 aromatic rings. The lowest BCUT2D eigenvalue weighted by Gasteiger charge is -2.15. The lowest BCUT2D eigenvalue weighted by molar-refractivity contribution is 0.311. The number of anilines is 1. The van der Waals surface area contributed by atoms with Crippen molar-refractivity contribution in [3.8, 4) is 11.5 Å². The summed E-state index contributed by atoms with van der Waals surface area (Å²) >= 11 is 0. The van der Waals surface area contributed by atoms with Crippen LogP contribution >= 0.6 is 0 Å². The Bertz CT molecular complexity index is 502. The minimum atomic E-state index is 0.535. The molecule has 5 nitrogen and oxygen atoms in total. The molecule has 21 heavy (non-hydrogen) atoms. The number of rotatable bonds is 6. The number of hydrogen-bond acceptors (Lipinski definition) is 3. The predicted molar refractivity (Wildman–Crippen MR) is 86.5 cm³/mol. The van der Waals surface area contributed by atoms with Crippen LogP contribution in [0.5, 0.6) is 11.5 Å². The minimum Gasteiger partial charge on any atom is -0.493 e. The largest absolute Gasteiger partial charge is 0.493 e. The van der Waals surface area contributed by atoms with Crippen LogP contribution in [0.2, 0.25) is 0 Å². The summed E-state index contributed by atoms with van der Waals surface area (Å²) in [5.74, 6) is 3.02. The van der Waals surface area contributed by atoms with Crippen LogP contribution in [-0.4, -0.2) is 32.3 Å². The Hall–Kier alpha value is -1.91. The second kappa shape index (κ2) is 7.20. The molecular formula is C16H25N3O2. The molecule has 1 aliphatic carbocycles. The summed E-state index contributed by atoms with van der Waals surface area (Å²) in [4.78, 5) is 4.47. The first-order chi connectivity index (χ1) is 10.2. The number of aliphatic imine (C=N–C) groups is 1. The Morgan fingerprint density at radius 3 is 2.67 bits per heavy atom. The van der Waals surface area contributed by atoms with Crippen molar-refractivity contribution in [3.05, 3.63) is 18.2 Å². The molecule has 0 radical (unpaired) electrons. The van der Waals surface area contributed by atoms with Crippen LogP contribution < -0.4 is 20.1 Å². The highest BCUT2D eigenvalue weighted by molar-refractivity contribution is 5.94. The maximum absolute atomic E-state index is 5.60. The molecule has 0 aliphatic heterocycles. The van der Waals surface area contributed by atoms with Crippen LogP contribution in [-0.2, 0) is 0 Å². The third-order valence-corrected chi connectivity index (χ3v) is 3.47. The number of ether oxygens (including phenoxy) is 2. The highest BCUT2D eigenvalue weighted by Crippen LogP contribution is 2.31. The van der Waals surface area contributed by atoms with E-state index in [1.807, 2.05) is 32.0 Å². The van der Waals surface area contributed by atoms with Crippen molar-refractivity contribution in [1.29, 1.82) is 0 Å². The summed E-state index contributed by atoms with van der Waals surface area (Å²) in [7, 11) is 1.64. The molecule has 0 spiro atoms. The van der Waals surface area contributed by atoms with E-state index >= 15 is 0 Å². The summed E-state index contributed by atoms with van der Waals surface area (Å²) in [6.45, 7) is 7.57. The van der Waals surface area contributed by atoms with Crippen LogP contribution in [0.1, 0.15) is 27.2 Å². The van der Waals surface area contributed by atoms with Crippen molar-refractivity contribution in [3.63, 3.8) is 0 Å². The van der Waals surface area contributed by atoms with Crippen molar-refractivity contribution < 1.29 is 9.47 Å². The summed E-state index contributed by atoms with van der Waals surface area (Å²) < 4.78 is 10.9. The normalized spacial score (nSPS) is 20.9. The average Bonchev–Trinajstić information content (AvgIpc) is 3.15. The van der Waals surface area contributed by atoms with E-state index in [2.05, 4.69) is 22.5 Å². The molecule has 1 saturated carbocycles. The first-order valence-corrected chi connectivity index (χ1v) is 7.56. The van der Waals surface area contributed by atoms with Gasteiger partial charge in [-0.25, -0.2) is 0 Å². The van der Waals surface area contributed by atoms with Gasteiger partial charge in [0.15, 0.2) is 17.5 Å². The quantitative estimate of drug-likeness (QED) is 0.625. The third kappa shape index (κ3) is 4.28. The fraction of sp³-hybridized carbons (Fsp3) is 0.562. The fourth-order valence-corrected chi connectivity index (χ4v) is 2.14. The van der Waals surface area contributed by atoms with E-state index in [1.54, 1.807) is 7.11 Å². The van der Waals surface area contributed by atoms with Gasteiger partial charge in [0.05, 0.1) is 13.7 Å². The van der Waals surface area contributed by atoms with Crippen molar-refractivity contribution in [2.75, 3.05) is 25.6 Å². The summed E-state index contributed by atoms with van der Waals surface area (Å²) in [5.41, 5.74) is 0.937. The van der Waals surface area contributed by atoms with Gasteiger partial charge < -0.3 is 20.1 Å². The molecule has 2 atom stereocenters. The predicted octanol–water partition coefficient (Wildman–Crippen LogP) is 2.88. The van der Waals surface area contributed by atoms with E-state index in [-0.39, 0.29) is 0 Å². The molecule has 116 valence electrons. The topological polar surface area (TPSA) is 54.9 Å². The number of benzene rings is 1. The van der Waals surface area contributed by atoms with E-state index in [0.29, 0.717) is 12.6 Å². The van der Waals surface area contributed by atoms with Crippen LogP contribution in [0.3, 0.4) is 0 Å². The van der Waals surface area contributed by atoms with Crippen molar-refractivity contribution >= 4 is 11.6 Å². The number of methoxy groups -OCH3 is 1. The van der Waals surface area contributed by atoms with Gasteiger partial charge in [-0.3, -0.25) is 4.99 Å². The van der Waals surface area contributed by atoms with Gasteiger partial charge in [0.25, 0.3) is 0 Å². The van der Waals surface area contributed by atoms with Gasteiger partial charge in [-0.2, -0.15) is 0 Å². The van der Waals surface area contributed by atoms with Crippen LogP contribution in [0.25, 0.3) is 0 Å². The smallest absolute Gasteiger partial charge is 0.196 e. The fourth-order valence-electron chi connectivity index (χ4n) is 2.14. The molecule has 0 amide bonds. The maximum atomic E-state index is 5.60. The first kappa shape index (κ1) is 15.5. The number of guanidine groups is 1. The average molecular weight is 291 g/mol. The number of hydrogen-bond donors (Lipinski definition) is 2. The van der Waals surface area contributed by atoms with E-state index in [4.69, 9.17) is 9.47 Å². The summed E-state index contributed by atoms with van der Waals surface area (Å²) in [6, 6.07) is 6.33. The lowest BCUT2D eigenvalue weighted by atomic mass is 10.2. The summed E-state index contributed by atoms with van der Waals surface area (Å²) in [5, 5.41) is 6.76. The van der Waals surface area contributed by atoms with Crippen LogP contribution in [0, 0.1) is 5.92 Å². The molecule has 1 aromatic carbocycles. The SMILES string of the molecule is CCN=C(Nc1ccc(OC)c(OCC)c1)NC1CC1C. The van der Waals surface area contributed by atoms with E-state index in [0.717, 1.165) is 35.6 Å². The Morgan fingerprint density at radius 1 is 1.33 bits per heavy atom. The molecule has 5 heteroatoms. The van der Waals surface area contributed by atoms with Crippen LogP contribution in [0.15, 0.2) is 23.2 Å². The lowest BCUT2D eigenvalue weighted by Crippen LogP contribution is -2.33. The van der Waals surface area contributed by atoms with Crippen molar-refractivity contribution in [2.24, 2.45) is 10.9 Å². The summed E-state index contributed by atoms with van der Waals surface area (Å²) in [6.07, 6.45) is 1.21. The Balaban J connectivity index is 2.08. The Labute approximate surface area is 126 Å². The Morgan fingerprint density at radius 2 is 2.10 bits per heavy atom. The van der Waals surface area contributed by atoms with Gasteiger partial charge in [-0.1, -0.05) is 6.92 Å². The van der Waals surface area contributed by atoms with E-state index in [9.17, 15) is 0 Å². The molecule has 0 bridgehead atoms. The first-order valence-electron chi connectivity index (χ1n) is 7.56. The molecule has 0 saturated heterocycles. The molecular weight excluding hydrogens is 266 g/mol. The zero-order valence-electron chi connectivity index (χ0n) is 13.3. The van der Waals surface area contributed by atoms with Gasteiger partial charge in [0, 0.05) is 24.3 Å². The molecule has 1 aliphatic rings. The second-order valence-corrected chi connectivity index (χ2v) is 5.21. The van der Waals surface area contributed by atoms with Gasteiger partial charge in [-0.05, 0) is 38.3 Å². The standard InChI is InChI=1S/C16H25N3O2/c1-5-17-16(19-13-9-11(13)3)18-12-7-8-14(20-4)15(10-12)21-6-2/h7-8,10-11,13H,5-6,9H2,1-4H3,(H2,17,18,19). The van der Waals surface area contributed by atoms with E-state index < -0.39 is 0 Å². The maximum Gasteiger partial charge on any atom is 0.196 e. The third-order valence-electron chi connectivity index (χ3n) is 3.47. The molecule has 2 unspecified atom stereocenters. The van der Waals surface area contributed by atoms with Crippen molar-refractivity contribution in [2.45, 2.75) is 33.2 Å². The second-order valence-electron chi connectivity index (χ2n) is 5.21. The van der Waals surface area contributed by atoms with Gasteiger partial charge >= 0.3 is 0 Å². The highest BCUT2D eigenvalue weighted by Gasteiger charge is 2.33. The molecule has 1 fully saturated rings. The molecule has 2 rings (SSSR count). The van der Waals surface area contributed by atoms with Gasteiger partial charge in [0.1, 0.15) is 0 Å². The van der Waals surface area contributed by atoms with Gasteiger partial charge in [0.2, 0.25) is 0 Å². The minimum absolute atomic E-state index is 0.535.